The van der Waals surface area contributed by atoms with Gasteiger partial charge in [-0.2, -0.15) is 0 Å². The summed E-state index contributed by atoms with van der Waals surface area (Å²) in [4.78, 5) is 16.6. The van der Waals surface area contributed by atoms with Gasteiger partial charge in [0.15, 0.2) is 0 Å². The maximum absolute atomic E-state index is 13.3. The van der Waals surface area contributed by atoms with Crippen LogP contribution in [0.1, 0.15) is 25.3 Å². The van der Waals surface area contributed by atoms with E-state index in [-0.39, 0.29) is 24.2 Å². The number of nitrogens with zero attached hydrogens (tertiary/aromatic N) is 2. The summed E-state index contributed by atoms with van der Waals surface area (Å²) in [6.07, 6.45) is 1.79. The van der Waals surface area contributed by atoms with Crippen molar-refractivity contribution in [1.29, 1.82) is 0 Å². The molecule has 0 unspecified atom stereocenters. The molecule has 0 radical (unpaired) electrons. The lowest BCUT2D eigenvalue weighted by atomic mass is 9.96. The van der Waals surface area contributed by atoms with E-state index in [2.05, 4.69) is 10.2 Å². The average Bonchev–Trinajstić information content (AvgIpc) is 2.52. The summed E-state index contributed by atoms with van der Waals surface area (Å²) in [7, 11) is 3.78. The Morgan fingerprint density at radius 2 is 2.24 bits per heavy atom. The number of amides is 1. The number of hydrogen-bond donors (Lipinski definition) is 2. The minimum Gasteiger partial charge on any atom is -0.387 e. The number of likely N-dealkylation sites (tertiary alicyclic amines) is 1. The topological polar surface area (TPSA) is 55.8 Å². The summed E-state index contributed by atoms with van der Waals surface area (Å²) in [5, 5.41) is 13.2. The quantitative estimate of drug-likeness (QED) is 0.781. The molecule has 1 saturated heterocycles. The summed E-state index contributed by atoms with van der Waals surface area (Å²) >= 11 is 0. The molecule has 1 aromatic carbocycles. The van der Waals surface area contributed by atoms with E-state index in [1.54, 1.807) is 19.1 Å². The molecule has 2 atom stereocenters. The van der Waals surface area contributed by atoms with Gasteiger partial charge in [-0.05, 0) is 58.1 Å². The van der Waals surface area contributed by atoms with Crippen molar-refractivity contribution in [3.63, 3.8) is 0 Å². The fourth-order valence-corrected chi connectivity index (χ4v) is 3.47. The molecule has 0 aromatic heterocycles. The number of carbonyl (C=O) groups is 1. The van der Waals surface area contributed by atoms with Crippen molar-refractivity contribution in [2.45, 2.75) is 31.9 Å². The highest BCUT2D eigenvalue weighted by atomic mass is 19.1. The number of benzene rings is 1. The van der Waals surface area contributed by atoms with E-state index < -0.39 is 5.60 Å². The standard InChI is InChI=1S/C19H30FN3O2/c1-19(25,14-22(2)3)13-21-18(24)16-7-5-9-23(12-16)11-15-6-4-8-17(20)10-15/h4,6,8,10,16,25H,5,7,9,11-14H2,1-3H3,(H,21,24)/t16-,19-/m1/s1. The predicted octanol–water partition coefficient (Wildman–Crippen LogP) is 1.47. The van der Waals surface area contributed by atoms with Gasteiger partial charge in [-0.15, -0.1) is 0 Å². The Morgan fingerprint density at radius 3 is 2.92 bits per heavy atom. The number of aliphatic hydroxyl groups is 1. The van der Waals surface area contributed by atoms with Crippen LogP contribution < -0.4 is 5.32 Å². The zero-order valence-corrected chi connectivity index (χ0v) is 15.5. The van der Waals surface area contributed by atoms with Crippen LogP contribution in [0.5, 0.6) is 0 Å². The maximum Gasteiger partial charge on any atom is 0.224 e. The van der Waals surface area contributed by atoms with Crippen molar-refractivity contribution >= 4 is 5.91 Å². The molecular weight excluding hydrogens is 321 g/mol. The van der Waals surface area contributed by atoms with Crippen molar-refractivity contribution in [3.05, 3.63) is 35.6 Å². The number of likely N-dealkylation sites (N-methyl/N-ethyl adjacent to an activating group) is 1. The van der Waals surface area contributed by atoms with E-state index in [9.17, 15) is 14.3 Å². The lowest BCUT2D eigenvalue weighted by Crippen LogP contribution is -2.50. The molecule has 1 fully saturated rings. The summed E-state index contributed by atoms with van der Waals surface area (Å²) in [5.41, 5.74) is -0.0234. The van der Waals surface area contributed by atoms with Gasteiger partial charge in [-0.3, -0.25) is 9.69 Å². The molecule has 0 bridgehead atoms. The van der Waals surface area contributed by atoms with Crippen LogP contribution in [-0.2, 0) is 11.3 Å². The smallest absolute Gasteiger partial charge is 0.224 e. The zero-order chi connectivity index (χ0) is 18.4. The van der Waals surface area contributed by atoms with E-state index in [1.807, 2.05) is 25.1 Å². The highest BCUT2D eigenvalue weighted by molar-refractivity contribution is 5.79. The van der Waals surface area contributed by atoms with Crippen LogP contribution in [0, 0.1) is 11.7 Å². The summed E-state index contributed by atoms with van der Waals surface area (Å²) in [5.74, 6) is -0.327. The molecule has 1 aromatic rings. The lowest BCUT2D eigenvalue weighted by Gasteiger charge is -2.33. The molecule has 1 aliphatic heterocycles. The first-order valence-electron chi connectivity index (χ1n) is 8.87. The molecular formula is C19H30FN3O2. The average molecular weight is 351 g/mol. The molecule has 2 rings (SSSR count). The largest absolute Gasteiger partial charge is 0.387 e. The molecule has 6 heteroatoms. The normalized spacial score (nSPS) is 21.1. The molecule has 5 nitrogen and oxygen atoms in total. The van der Waals surface area contributed by atoms with Crippen molar-refractivity contribution in [3.8, 4) is 0 Å². The van der Waals surface area contributed by atoms with E-state index in [0.29, 0.717) is 19.6 Å². The molecule has 140 valence electrons. The van der Waals surface area contributed by atoms with E-state index >= 15 is 0 Å². The van der Waals surface area contributed by atoms with Crippen molar-refractivity contribution in [2.75, 3.05) is 40.3 Å². The Hall–Kier alpha value is -1.50. The van der Waals surface area contributed by atoms with Gasteiger partial charge in [0.2, 0.25) is 5.91 Å². The van der Waals surface area contributed by atoms with Gasteiger partial charge in [-0.1, -0.05) is 12.1 Å². The Balaban J connectivity index is 1.84. The first kappa shape index (κ1) is 19.8. The zero-order valence-electron chi connectivity index (χ0n) is 15.5. The third kappa shape index (κ3) is 6.72. The highest BCUT2D eigenvalue weighted by Gasteiger charge is 2.28. The van der Waals surface area contributed by atoms with Gasteiger partial charge in [0, 0.05) is 26.2 Å². The third-order valence-corrected chi connectivity index (χ3v) is 4.47. The molecule has 1 heterocycles. The molecule has 0 saturated carbocycles. The van der Waals surface area contributed by atoms with Crippen molar-refractivity contribution in [2.24, 2.45) is 5.92 Å². The number of nitrogens with one attached hydrogen (secondary N) is 1. The fraction of sp³-hybridized carbons (Fsp3) is 0.632. The maximum atomic E-state index is 13.3. The predicted molar refractivity (Wildman–Crippen MR) is 96.6 cm³/mol. The van der Waals surface area contributed by atoms with E-state index in [0.717, 1.165) is 24.9 Å². The number of rotatable bonds is 7. The lowest BCUT2D eigenvalue weighted by molar-refractivity contribution is -0.128. The van der Waals surface area contributed by atoms with Crippen LogP contribution in [0.25, 0.3) is 0 Å². The van der Waals surface area contributed by atoms with Gasteiger partial charge in [0.05, 0.1) is 11.5 Å². The van der Waals surface area contributed by atoms with E-state index in [1.165, 1.54) is 6.07 Å². The first-order valence-corrected chi connectivity index (χ1v) is 8.87. The SMILES string of the molecule is CN(C)C[C@](C)(O)CNC(=O)[C@@H]1CCCN(Cc2cccc(F)c2)C1. The molecule has 2 N–H and O–H groups in total. The summed E-state index contributed by atoms with van der Waals surface area (Å²) in [6, 6.07) is 6.61. The second-order valence-corrected chi connectivity index (χ2v) is 7.66. The Kier molecular flexibility index (Phi) is 6.93. The molecule has 1 amide bonds. The number of piperidine rings is 1. The molecule has 25 heavy (non-hydrogen) atoms. The fourth-order valence-electron chi connectivity index (χ4n) is 3.47. The Labute approximate surface area is 149 Å². The third-order valence-electron chi connectivity index (χ3n) is 4.47. The minimum absolute atomic E-state index is 0.0111. The van der Waals surface area contributed by atoms with Crippen molar-refractivity contribution in [1.82, 2.24) is 15.1 Å². The van der Waals surface area contributed by atoms with Crippen molar-refractivity contribution < 1.29 is 14.3 Å². The molecule has 0 spiro atoms. The number of carbonyl (C=O) groups excluding carboxylic acids is 1. The van der Waals surface area contributed by atoms with Gasteiger partial charge < -0.3 is 15.3 Å². The van der Waals surface area contributed by atoms with Crippen LogP contribution in [0.3, 0.4) is 0 Å². The minimum atomic E-state index is -0.949. The van der Waals surface area contributed by atoms with Gasteiger partial charge in [-0.25, -0.2) is 4.39 Å². The van der Waals surface area contributed by atoms with Gasteiger partial charge in [0.25, 0.3) is 0 Å². The van der Waals surface area contributed by atoms with Crippen LogP contribution in [0.15, 0.2) is 24.3 Å². The Morgan fingerprint density at radius 1 is 1.48 bits per heavy atom. The summed E-state index contributed by atoms with van der Waals surface area (Å²) in [6.45, 7) is 4.69. The van der Waals surface area contributed by atoms with Crippen LogP contribution in [-0.4, -0.2) is 66.7 Å². The molecule has 1 aliphatic rings. The first-order chi connectivity index (χ1) is 11.7. The Bertz CT molecular complexity index is 578. The number of hydrogen-bond acceptors (Lipinski definition) is 4. The van der Waals surface area contributed by atoms with Gasteiger partial charge in [0.1, 0.15) is 5.82 Å². The van der Waals surface area contributed by atoms with Crippen LogP contribution >= 0.6 is 0 Å². The number of halogens is 1. The second-order valence-electron chi connectivity index (χ2n) is 7.66. The summed E-state index contributed by atoms with van der Waals surface area (Å²) < 4.78 is 13.3. The molecule has 0 aliphatic carbocycles. The van der Waals surface area contributed by atoms with Crippen LogP contribution in [0.4, 0.5) is 4.39 Å². The van der Waals surface area contributed by atoms with Crippen LogP contribution in [0.2, 0.25) is 0 Å². The second kappa shape index (κ2) is 8.74. The monoisotopic (exact) mass is 351 g/mol. The highest BCUT2D eigenvalue weighted by Crippen LogP contribution is 2.19. The van der Waals surface area contributed by atoms with E-state index in [4.69, 9.17) is 0 Å². The van der Waals surface area contributed by atoms with Gasteiger partial charge >= 0.3 is 0 Å².